The lowest BCUT2D eigenvalue weighted by molar-refractivity contribution is -0.138. The van der Waals surface area contributed by atoms with Gasteiger partial charge in [0.15, 0.2) is 0 Å². The van der Waals surface area contributed by atoms with Crippen LogP contribution in [-0.4, -0.2) is 60.5 Å². The minimum absolute atomic E-state index is 0.208. The zero-order valence-corrected chi connectivity index (χ0v) is 21.1. The second-order valence-electron chi connectivity index (χ2n) is 9.02. The molecule has 4 amide bonds. The average molecular weight is 514 g/mol. The number of carbonyl (C=O) groups is 3. The van der Waals surface area contributed by atoms with E-state index >= 15 is 0 Å². The van der Waals surface area contributed by atoms with E-state index in [1.165, 1.54) is 7.11 Å². The molecule has 2 aliphatic rings. The largest absolute Gasteiger partial charge is 0.496 e. The van der Waals surface area contributed by atoms with Crippen LogP contribution in [0.25, 0.3) is 0 Å². The summed E-state index contributed by atoms with van der Waals surface area (Å²) in [5.74, 6) is 0.348. The van der Waals surface area contributed by atoms with Crippen molar-refractivity contribution in [2.24, 2.45) is 0 Å². The normalized spacial score (nSPS) is 17.8. The van der Waals surface area contributed by atoms with E-state index in [1.54, 1.807) is 48.5 Å². The number of piperidine rings is 2. The van der Waals surface area contributed by atoms with Gasteiger partial charge in [-0.25, -0.2) is 9.80 Å². The number of nitrogens with one attached hydrogen (secondary N) is 3. The Morgan fingerprint density at radius 2 is 1.75 bits per heavy atom. The molecule has 1 unspecified atom stereocenters. The maximum Gasteiger partial charge on any atom is 0.320 e. The Kier molecular flexibility index (Phi) is 8.66. The van der Waals surface area contributed by atoms with Crippen molar-refractivity contribution in [3.8, 4) is 5.75 Å². The molecule has 0 spiro atoms. The van der Waals surface area contributed by atoms with Crippen molar-refractivity contribution < 1.29 is 19.1 Å². The topological polar surface area (TPSA) is 103 Å². The monoisotopic (exact) mass is 513 g/mol. The SMILES string of the molecule is COc1ccccc1C(NC(=O)Nc1ccc(Cl)cc1)C(=O)NN1CCC(N2CCCCC2=O)CC1. The number of benzene rings is 2. The lowest BCUT2D eigenvalue weighted by Crippen LogP contribution is -2.55. The van der Waals surface area contributed by atoms with Crippen LogP contribution < -0.4 is 20.8 Å². The van der Waals surface area contributed by atoms with Gasteiger partial charge >= 0.3 is 6.03 Å². The molecule has 0 saturated carbocycles. The van der Waals surface area contributed by atoms with Crippen molar-refractivity contribution in [3.63, 3.8) is 0 Å². The highest BCUT2D eigenvalue weighted by molar-refractivity contribution is 6.30. The van der Waals surface area contributed by atoms with E-state index in [0.29, 0.717) is 41.5 Å². The predicted molar refractivity (Wildman–Crippen MR) is 138 cm³/mol. The highest BCUT2D eigenvalue weighted by atomic mass is 35.5. The summed E-state index contributed by atoms with van der Waals surface area (Å²) in [6.07, 6.45) is 4.22. The molecular formula is C26H32ClN5O4. The molecule has 10 heteroatoms. The van der Waals surface area contributed by atoms with E-state index in [2.05, 4.69) is 16.1 Å². The molecule has 2 aromatic rings. The van der Waals surface area contributed by atoms with Crippen molar-refractivity contribution in [2.45, 2.75) is 44.2 Å². The number of anilines is 1. The fourth-order valence-corrected chi connectivity index (χ4v) is 4.87. The number of nitrogens with zero attached hydrogens (tertiary/aromatic N) is 2. The van der Waals surface area contributed by atoms with Gasteiger partial charge in [0.1, 0.15) is 11.8 Å². The number of halogens is 1. The first-order valence-electron chi connectivity index (χ1n) is 12.3. The Balaban J connectivity index is 1.42. The van der Waals surface area contributed by atoms with Crippen LogP contribution in [0.5, 0.6) is 5.75 Å². The minimum Gasteiger partial charge on any atom is -0.496 e. The summed E-state index contributed by atoms with van der Waals surface area (Å²) in [5.41, 5.74) is 4.04. The van der Waals surface area contributed by atoms with Crippen molar-refractivity contribution >= 4 is 35.1 Å². The molecule has 2 heterocycles. The highest BCUT2D eigenvalue weighted by Crippen LogP contribution is 2.26. The van der Waals surface area contributed by atoms with Gasteiger partial charge in [0.25, 0.3) is 5.91 Å². The molecule has 9 nitrogen and oxygen atoms in total. The molecule has 3 N–H and O–H groups in total. The van der Waals surface area contributed by atoms with E-state index in [9.17, 15) is 14.4 Å². The van der Waals surface area contributed by atoms with Gasteiger partial charge in [0.2, 0.25) is 5.91 Å². The first-order valence-corrected chi connectivity index (χ1v) is 12.6. The number of rotatable bonds is 7. The van der Waals surface area contributed by atoms with Crippen LogP contribution in [-0.2, 0) is 9.59 Å². The summed E-state index contributed by atoms with van der Waals surface area (Å²) in [4.78, 5) is 40.5. The van der Waals surface area contributed by atoms with Crippen molar-refractivity contribution in [1.82, 2.24) is 20.7 Å². The molecule has 192 valence electrons. The van der Waals surface area contributed by atoms with Crippen LogP contribution >= 0.6 is 11.6 Å². The molecule has 1 atom stereocenters. The van der Waals surface area contributed by atoms with Gasteiger partial charge in [-0.15, -0.1) is 0 Å². The van der Waals surface area contributed by atoms with Gasteiger partial charge in [0.05, 0.1) is 7.11 Å². The number of para-hydroxylation sites is 1. The first kappa shape index (κ1) is 25.8. The zero-order chi connectivity index (χ0) is 25.5. The maximum atomic E-state index is 13.4. The first-order chi connectivity index (χ1) is 17.4. The number of hydrazine groups is 1. The third kappa shape index (κ3) is 6.47. The Bertz CT molecular complexity index is 1070. The fraction of sp³-hybridized carbons (Fsp3) is 0.423. The second-order valence-corrected chi connectivity index (χ2v) is 9.46. The number of likely N-dealkylation sites (tertiary alicyclic amines) is 1. The third-order valence-corrected chi connectivity index (χ3v) is 6.88. The van der Waals surface area contributed by atoms with E-state index in [0.717, 1.165) is 32.2 Å². The van der Waals surface area contributed by atoms with E-state index < -0.39 is 12.1 Å². The summed E-state index contributed by atoms with van der Waals surface area (Å²) in [5, 5.41) is 7.91. The summed E-state index contributed by atoms with van der Waals surface area (Å²) >= 11 is 5.92. The number of amides is 4. The number of hydrogen-bond donors (Lipinski definition) is 3. The smallest absolute Gasteiger partial charge is 0.320 e. The van der Waals surface area contributed by atoms with Gasteiger partial charge in [0, 0.05) is 48.4 Å². The summed E-state index contributed by atoms with van der Waals surface area (Å²) in [6.45, 7) is 2.06. The van der Waals surface area contributed by atoms with Crippen LogP contribution in [0.2, 0.25) is 5.02 Å². The summed E-state index contributed by atoms with van der Waals surface area (Å²) < 4.78 is 5.45. The standard InChI is InChI=1S/C26H32ClN5O4/c1-36-22-7-3-2-6-21(22)24(29-26(35)28-19-11-9-18(27)10-12-19)25(34)30-31-16-13-20(14-17-31)32-15-5-4-8-23(32)33/h2-3,6-7,9-12,20,24H,4-5,8,13-17H2,1H3,(H,30,34)(H2,28,29,35). The molecular weight excluding hydrogens is 482 g/mol. The number of methoxy groups -OCH3 is 1. The molecule has 2 aliphatic heterocycles. The van der Waals surface area contributed by atoms with Crippen LogP contribution in [0, 0.1) is 0 Å². The van der Waals surface area contributed by atoms with Gasteiger partial charge < -0.3 is 20.3 Å². The highest BCUT2D eigenvalue weighted by Gasteiger charge is 2.32. The number of carbonyl (C=O) groups excluding carboxylic acids is 3. The molecule has 0 aliphatic carbocycles. The fourth-order valence-electron chi connectivity index (χ4n) is 4.74. The van der Waals surface area contributed by atoms with Gasteiger partial charge in [-0.05, 0) is 56.0 Å². The lowest BCUT2D eigenvalue weighted by atomic mass is 10.00. The predicted octanol–water partition coefficient (Wildman–Crippen LogP) is 3.72. The van der Waals surface area contributed by atoms with Gasteiger partial charge in [-0.2, -0.15) is 0 Å². The van der Waals surface area contributed by atoms with E-state index in [1.807, 2.05) is 9.91 Å². The Labute approximate surface area is 216 Å². The van der Waals surface area contributed by atoms with Gasteiger partial charge in [-0.1, -0.05) is 29.8 Å². The Hall–Kier alpha value is -3.30. The lowest BCUT2D eigenvalue weighted by Gasteiger charge is -2.40. The second kappa shape index (κ2) is 12.1. The summed E-state index contributed by atoms with van der Waals surface area (Å²) in [6, 6.07) is 12.5. The Morgan fingerprint density at radius 3 is 2.44 bits per heavy atom. The van der Waals surface area contributed by atoms with Crippen molar-refractivity contribution in [2.75, 3.05) is 32.1 Å². The molecule has 4 rings (SSSR count). The van der Waals surface area contributed by atoms with Gasteiger partial charge in [-0.3, -0.25) is 15.0 Å². The molecule has 2 fully saturated rings. The minimum atomic E-state index is -0.991. The number of ether oxygens (including phenoxy) is 1. The van der Waals surface area contributed by atoms with Crippen molar-refractivity contribution in [1.29, 1.82) is 0 Å². The number of urea groups is 1. The molecule has 2 saturated heterocycles. The van der Waals surface area contributed by atoms with E-state index in [4.69, 9.17) is 16.3 Å². The van der Waals surface area contributed by atoms with Crippen LogP contribution in [0.4, 0.5) is 10.5 Å². The van der Waals surface area contributed by atoms with Crippen LogP contribution in [0.15, 0.2) is 48.5 Å². The molecule has 2 aromatic carbocycles. The van der Waals surface area contributed by atoms with Crippen molar-refractivity contribution in [3.05, 3.63) is 59.1 Å². The van der Waals surface area contributed by atoms with E-state index in [-0.39, 0.29) is 17.9 Å². The Morgan fingerprint density at radius 1 is 1.03 bits per heavy atom. The number of hydrogen-bond acceptors (Lipinski definition) is 5. The molecule has 0 radical (unpaired) electrons. The summed E-state index contributed by atoms with van der Waals surface area (Å²) in [7, 11) is 1.52. The zero-order valence-electron chi connectivity index (χ0n) is 20.3. The average Bonchev–Trinajstić information content (AvgIpc) is 2.89. The maximum absolute atomic E-state index is 13.4. The molecule has 0 aromatic heterocycles. The van der Waals surface area contributed by atoms with Crippen LogP contribution in [0.1, 0.15) is 43.7 Å². The quantitative estimate of drug-likeness (QED) is 0.523. The molecule has 0 bridgehead atoms. The molecule has 36 heavy (non-hydrogen) atoms. The third-order valence-electron chi connectivity index (χ3n) is 6.62. The van der Waals surface area contributed by atoms with Crippen LogP contribution in [0.3, 0.4) is 0 Å².